The molecule has 0 fully saturated rings. The van der Waals surface area contributed by atoms with Gasteiger partial charge < -0.3 is 19.2 Å². The lowest BCUT2D eigenvalue weighted by atomic mass is 9.64. The van der Waals surface area contributed by atoms with Crippen molar-refractivity contribution in [2.45, 2.75) is 6.82 Å². The molecule has 1 rings (SSSR count). The largest absolute Gasteiger partial charge is 0.493 e. The number of ether oxygens (including phenoxy) is 3. The Labute approximate surface area is 89.9 Å². The molecule has 0 unspecified atom stereocenters. The minimum atomic E-state index is -0.571. The minimum absolute atomic E-state index is 0.532. The molecule has 5 heteroatoms. The molecule has 1 aromatic rings. The van der Waals surface area contributed by atoms with E-state index < -0.39 is 6.92 Å². The summed E-state index contributed by atoms with van der Waals surface area (Å²) in [5, 5.41) is 9.48. The highest BCUT2D eigenvalue weighted by molar-refractivity contribution is 6.64. The number of benzene rings is 1. The molecule has 0 saturated heterocycles. The van der Waals surface area contributed by atoms with Crippen LogP contribution in [0.3, 0.4) is 0 Å². The van der Waals surface area contributed by atoms with E-state index in [0.717, 1.165) is 5.46 Å². The fourth-order valence-electron chi connectivity index (χ4n) is 1.34. The van der Waals surface area contributed by atoms with Crippen LogP contribution in [0.2, 0.25) is 6.82 Å². The highest BCUT2D eigenvalue weighted by atomic mass is 16.5. The summed E-state index contributed by atoms with van der Waals surface area (Å²) in [5.74, 6) is 1.63. The first-order valence-corrected chi connectivity index (χ1v) is 4.62. The van der Waals surface area contributed by atoms with Gasteiger partial charge in [0.2, 0.25) is 5.75 Å². The second kappa shape index (κ2) is 4.93. The highest BCUT2D eigenvalue weighted by Crippen LogP contribution is 2.35. The molecule has 0 aromatic heterocycles. The first kappa shape index (κ1) is 11.7. The Morgan fingerprint density at radius 3 is 1.73 bits per heavy atom. The van der Waals surface area contributed by atoms with Crippen LogP contribution < -0.4 is 19.7 Å². The van der Waals surface area contributed by atoms with Crippen molar-refractivity contribution in [3.63, 3.8) is 0 Å². The number of methoxy groups -OCH3 is 3. The van der Waals surface area contributed by atoms with E-state index in [4.69, 9.17) is 14.2 Å². The van der Waals surface area contributed by atoms with E-state index in [0.29, 0.717) is 17.2 Å². The molecule has 0 spiro atoms. The first-order chi connectivity index (χ1) is 7.13. The number of rotatable bonds is 4. The molecule has 0 aliphatic rings. The van der Waals surface area contributed by atoms with Crippen LogP contribution in [0.15, 0.2) is 12.1 Å². The van der Waals surface area contributed by atoms with Crippen molar-refractivity contribution in [1.82, 2.24) is 0 Å². The van der Waals surface area contributed by atoms with Crippen LogP contribution >= 0.6 is 0 Å². The summed E-state index contributed by atoms with van der Waals surface area (Å²) in [7, 11) is 4.63. The van der Waals surface area contributed by atoms with E-state index in [9.17, 15) is 5.02 Å². The molecule has 0 bridgehead atoms. The molecule has 82 valence electrons. The highest BCUT2D eigenvalue weighted by Gasteiger charge is 2.16. The molecule has 0 aliphatic heterocycles. The zero-order chi connectivity index (χ0) is 11.4. The van der Waals surface area contributed by atoms with Crippen molar-refractivity contribution in [1.29, 1.82) is 0 Å². The van der Waals surface area contributed by atoms with Gasteiger partial charge in [-0.25, -0.2) is 0 Å². The molecule has 4 nitrogen and oxygen atoms in total. The standard InChI is InChI=1S/C10H15BO4/c1-11(12)7-5-8(13-2)10(15-4)9(6-7)14-3/h5-6,12H,1-4H3. The lowest BCUT2D eigenvalue weighted by Gasteiger charge is -2.14. The third-order valence-electron chi connectivity index (χ3n) is 2.17. The van der Waals surface area contributed by atoms with Crippen LogP contribution in [-0.2, 0) is 0 Å². The van der Waals surface area contributed by atoms with Gasteiger partial charge in [-0.2, -0.15) is 0 Å². The van der Waals surface area contributed by atoms with Gasteiger partial charge in [0, 0.05) is 0 Å². The predicted molar refractivity (Wildman–Crippen MR) is 59.6 cm³/mol. The number of hydrogen-bond acceptors (Lipinski definition) is 4. The molecular formula is C10H15BO4. The van der Waals surface area contributed by atoms with Crippen molar-refractivity contribution in [2.24, 2.45) is 0 Å². The topological polar surface area (TPSA) is 47.9 Å². The second-order valence-electron chi connectivity index (χ2n) is 3.13. The van der Waals surface area contributed by atoms with Gasteiger partial charge in [0.25, 0.3) is 0 Å². The average molecular weight is 210 g/mol. The van der Waals surface area contributed by atoms with Gasteiger partial charge in [-0.1, -0.05) is 6.82 Å². The first-order valence-electron chi connectivity index (χ1n) is 4.62. The number of hydrogen-bond donors (Lipinski definition) is 1. The predicted octanol–water partition coefficient (Wildman–Crippen LogP) is 0.533. The Kier molecular flexibility index (Phi) is 3.85. The summed E-state index contributed by atoms with van der Waals surface area (Å²) >= 11 is 0. The fraction of sp³-hybridized carbons (Fsp3) is 0.400. The average Bonchev–Trinajstić information content (AvgIpc) is 2.26. The summed E-state index contributed by atoms with van der Waals surface area (Å²) in [6.45, 7) is 1.11. The molecule has 0 radical (unpaired) electrons. The van der Waals surface area contributed by atoms with Gasteiger partial charge in [0.1, 0.15) is 0 Å². The van der Waals surface area contributed by atoms with Gasteiger partial charge in [-0.05, 0) is 17.6 Å². The van der Waals surface area contributed by atoms with Crippen LogP contribution in [0.1, 0.15) is 0 Å². The van der Waals surface area contributed by atoms with Crippen molar-refractivity contribution in [3.05, 3.63) is 12.1 Å². The maximum absolute atomic E-state index is 9.48. The maximum Gasteiger partial charge on any atom is 0.320 e. The molecular weight excluding hydrogens is 195 g/mol. The van der Waals surface area contributed by atoms with Gasteiger partial charge >= 0.3 is 6.92 Å². The molecule has 1 aromatic carbocycles. The molecule has 1 N–H and O–H groups in total. The van der Waals surface area contributed by atoms with Gasteiger partial charge in [-0.3, -0.25) is 0 Å². The van der Waals surface area contributed by atoms with E-state index in [-0.39, 0.29) is 0 Å². The summed E-state index contributed by atoms with van der Waals surface area (Å²) in [6.07, 6.45) is 0. The van der Waals surface area contributed by atoms with Gasteiger partial charge in [-0.15, -0.1) is 0 Å². The molecule has 0 aliphatic carbocycles. The van der Waals surface area contributed by atoms with E-state index in [2.05, 4.69) is 0 Å². The van der Waals surface area contributed by atoms with Crippen molar-refractivity contribution < 1.29 is 19.2 Å². The van der Waals surface area contributed by atoms with E-state index in [1.807, 2.05) is 0 Å². The van der Waals surface area contributed by atoms with E-state index in [1.165, 1.54) is 0 Å². The Morgan fingerprint density at radius 2 is 1.47 bits per heavy atom. The van der Waals surface area contributed by atoms with Crippen molar-refractivity contribution in [3.8, 4) is 17.2 Å². The van der Waals surface area contributed by atoms with Gasteiger partial charge in [0.15, 0.2) is 11.5 Å². The lowest BCUT2D eigenvalue weighted by molar-refractivity contribution is 0.325. The zero-order valence-corrected chi connectivity index (χ0v) is 9.40. The van der Waals surface area contributed by atoms with E-state index in [1.54, 1.807) is 40.3 Å². The maximum atomic E-state index is 9.48. The van der Waals surface area contributed by atoms with E-state index >= 15 is 0 Å². The SMILES string of the molecule is COc1cc(B(C)O)cc(OC)c1OC. The third kappa shape index (κ3) is 2.36. The molecule has 0 atom stereocenters. The smallest absolute Gasteiger partial charge is 0.320 e. The summed E-state index contributed by atoms with van der Waals surface area (Å²) < 4.78 is 15.5. The molecule has 15 heavy (non-hydrogen) atoms. The molecule has 0 heterocycles. The van der Waals surface area contributed by atoms with Crippen LogP contribution in [-0.4, -0.2) is 33.3 Å². The Morgan fingerprint density at radius 1 is 1.00 bits per heavy atom. The normalized spacial score (nSPS) is 9.67. The van der Waals surface area contributed by atoms with Crippen LogP contribution in [0, 0.1) is 0 Å². The molecule has 0 amide bonds. The van der Waals surface area contributed by atoms with Gasteiger partial charge in [0.05, 0.1) is 21.3 Å². The van der Waals surface area contributed by atoms with Crippen LogP contribution in [0.4, 0.5) is 0 Å². The summed E-state index contributed by atoms with van der Waals surface area (Å²) in [5.41, 5.74) is 0.726. The Balaban J connectivity index is 3.29. The third-order valence-corrected chi connectivity index (χ3v) is 2.17. The summed E-state index contributed by atoms with van der Waals surface area (Å²) in [4.78, 5) is 0. The van der Waals surface area contributed by atoms with Crippen LogP contribution in [0.25, 0.3) is 0 Å². The fourth-order valence-corrected chi connectivity index (χ4v) is 1.34. The minimum Gasteiger partial charge on any atom is -0.493 e. The van der Waals surface area contributed by atoms with Crippen molar-refractivity contribution >= 4 is 12.4 Å². The summed E-state index contributed by atoms with van der Waals surface area (Å²) in [6, 6.07) is 3.46. The monoisotopic (exact) mass is 210 g/mol. The quantitative estimate of drug-likeness (QED) is 0.736. The Bertz CT molecular complexity index is 313. The Hall–Kier alpha value is -1.36. The zero-order valence-electron chi connectivity index (χ0n) is 9.40. The van der Waals surface area contributed by atoms with Crippen LogP contribution in [0.5, 0.6) is 17.2 Å². The lowest BCUT2D eigenvalue weighted by Crippen LogP contribution is -2.26. The second-order valence-corrected chi connectivity index (χ2v) is 3.13. The molecule has 0 saturated carbocycles. The van der Waals surface area contributed by atoms with Crippen molar-refractivity contribution in [2.75, 3.05) is 21.3 Å².